The van der Waals surface area contributed by atoms with E-state index in [9.17, 15) is 18.0 Å². The summed E-state index contributed by atoms with van der Waals surface area (Å²) in [6.45, 7) is 3.79. The van der Waals surface area contributed by atoms with Crippen molar-refractivity contribution in [2.24, 2.45) is 7.05 Å². The molecule has 1 amide bonds. The lowest BCUT2D eigenvalue weighted by atomic mass is 10.1. The average Bonchev–Trinajstić information content (AvgIpc) is 3.03. The van der Waals surface area contributed by atoms with E-state index in [1.807, 2.05) is 19.9 Å². The van der Waals surface area contributed by atoms with Gasteiger partial charge in [0.2, 0.25) is 5.91 Å². The quantitative estimate of drug-likeness (QED) is 0.410. The van der Waals surface area contributed by atoms with Crippen LogP contribution in [0.1, 0.15) is 22.8 Å². The third-order valence-corrected chi connectivity index (χ3v) is 5.92. The van der Waals surface area contributed by atoms with Gasteiger partial charge in [0.1, 0.15) is 5.82 Å². The van der Waals surface area contributed by atoms with Gasteiger partial charge in [-0.15, -0.1) is 10.2 Å². The van der Waals surface area contributed by atoms with Crippen LogP contribution >= 0.6 is 23.5 Å². The molecule has 0 radical (unpaired) electrons. The predicted molar refractivity (Wildman–Crippen MR) is 113 cm³/mol. The average molecular weight is 469 g/mol. The number of benzene rings is 1. The van der Waals surface area contributed by atoms with Gasteiger partial charge >= 0.3 is 6.18 Å². The Balaban J connectivity index is 1.58. The van der Waals surface area contributed by atoms with Crippen molar-refractivity contribution in [1.29, 1.82) is 0 Å². The van der Waals surface area contributed by atoms with Crippen LogP contribution in [0.15, 0.2) is 40.6 Å². The number of carbonyl (C=O) groups excluding carboxylic acids is 1. The monoisotopic (exact) mass is 468 g/mol. The number of hydrogen-bond donors (Lipinski definition) is 1. The Hall–Kier alpha value is -2.60. The second-order valence-electron chi connectivity index (χ2n) is 6.56. The molecule has 0 saturated heterocycles. The Morgan fingerprint density at radius 1 is 1.10 bits per heavy atom. The van der Waals surface area contributed by atoms with Gasteiger partial charge in [-0.05, 0) is 32.0 Å². The van der Waals surface area contributed by atoms with E-state index >= 15 is 0 Å². The molecule has 164 valence electrons. The summed E-state index contributed by atoms with van der Waals surface area (Å²) in [7, 11) is 1.76. The SMILES string of the molecule is Cc1cc(C)nc(SCc2nnc(SCC(=O)Nc3ccccc3C(F)(F)F)n2C)n1. The molecule has 0 atom stereocenters. The van der Waals surface area contributed by atoms with E-state index in [1.165, 1.54) is 30.0 Å². The molecule has 2 heterocycles. The maximum absolute atomic E-state index is 13.1. The van der Waals surface area contributed by atoms with Crippen molar-refractivity contribution in [3.8, 4) is 0 Å². The first kappa shape index (κ1) is 23.1. The Bertz CT molecular complexity index is 1070. The maximum Gasteiger partial charge on any atom is 0.418 e. The number of carbonyl (C=O) groups is 1. The molecule has 1 N–H and O–H groups in total. The molecule has 2 aromatic heterocycles. The Morgan fingerprint density at radius 2 is 1.77 bits per heavy atom. The van der Waals surface area contributed by atoms with Crippen LogP contribution in [0.5, 0.6) is 0 Å². The van der Waals surface area contributed by atoms with Gasteiger partial charge in [0, 0.05) is 18.4 Å². The lowest BCUT2D eigenvalue weighted by molar-refractivity contribution is -0.137. The zero-order valence-corrected chi connectivity index (χ0v) is 18.5. The van der Waals surface area contributed by atoms with Crippen LogP contribution in [-0.4, -0.2) is 36.4 Å². The first-order chi connectivity index (χ1) is 14.6. The second kappa shape index (κ2) is 9.69. The highest BCUT2D eigenvalue weighted by molar-refractivity contribution is 7.99. The summed E-state index contributed by atoms with van der Waals surface area (Å²) in [6.07, 6.45) is -4.55. The summed E-state index contributed by atoms with van der Waals surface area (Å²) >= 11 is 2.51. The lowest BCUT2D eigenvalue weighted by Crippen LogP contribution is -2.18. The minimum Gasteiger partial charge on any atom is -0.325 e. The third-order valence-electron chi connectivity index (χ3n) is 4.06. The van der Waals surface area contributed by atoms with Crippen LogP contribution in [-0.2, 0) is 23.8 Å². The third kappa shape index (κ3) is 6.20. The zero-order valence-electron chi connectivity index (χ0n) is 16.9. The lowest BCUT2D eigenvalue weighted by Gasteiger charge is -2.13. The molecular weight excluding hydrogens is 449 g/mol. The van der Waals surface area contributed by atoms with Crippen LogP contribution in [0.25, 0.3) is 0 Å². The number of amides is 1. The van der Waals surface area contributed by atoms with E-state index in [0.717, 1.165) is 29.2 Å². The van der Waals surface area contributed by atoms with E-state index in [1.54, 1.807) is 11.6 Å². The van der Waals surface area contributed by atoms with Gasteiger partial charge in [-0.3, -0.25) is 4.79 Å². The number of nitrogens with one attached hydrogen (secondary N) is 1. The molecule has 1 aromatic carbocycles. The number of aromatic nitrogens is 5. The largest absolute Gasteiger partial charge is 0.418 e. The highest BCUT2D eigenvalue weighted by atomic mass is 32.2. The number of hydrogen-bond acceptors (Lipinski definition) is 7. The van der Waals surface area contributed by atoms with Crippen LogP contribution in [0.3, 0.4) is 0 Å². The predicted octanol–water partition coefficient (Wildman–Crippen LogP) is 4.26. The number of aryl methyl sites for hydroxylation is 2. The number of anilines is 1. The number of alkyl halides is 3. The van der Waals surface area contributed by atoms with Crippen LogP contribution in [0, 0.1) is 13.8 Å². The van der Waals surface area contributed by atoms with Crippen LogP contribution < -0.4 is 5.32 Å². The first-order valence-corrected chi connectivity index (χ1v) is 11.0. The molecule has 7 nitrogen and oxygen atoms in total. The van der Waals surface area contributed by atoms with Gasteiger partial charge in [-0.2, -0.15) is 13.2 Å². The minimum absolute atomic E-state index is 0.106. The standard InChI is InChI=1S/C19H19F3N6OS2/c1-11-8-12(2)24-17(23-11)30-9-15-26-27-18(28(15)3)31-10-16(29)25-14-7-5-4-6-13(14)19(20,21)22/h4-8H,9-10H2,1-3H3,(H,25,29). The molecule has 0 bridgehead atoms. The van der Waals surface area contributed by atoms with E-state index in [2.05, 4.69) is 25.5 Å². The molecule has 3 rings (SSSR count). The molecule has 0 spiro atoms. The number of nitrogens with zero attached hydrogens (tertiary/aromatic N) is 5. The summed E-state index contributed by atoms with van der Waals surface area (Å²) < 4.78 is 40.9. The van der Waals surface area contributed by atoms with Crippen molar-refractivity contribution in [3.05, 3.63) is 53.1 Å². The highest BCUT2D eigenvalue weighted by Gasteiger charge is 2.33. The molecule has 0 aliphatic rings. The molecule has 0 fully saturated rings. The van der Waals surface area contributed by atoms with Crippen molar-refractivity contribution >= 4 is 35.1 Å². The van der Waals surface area contributed by atoms with Gasteiger partial charge in [-0.25, -0.2) is 9.97 Å². The fraction of sp³-hybridized carbons (Fsp3) is 0.316. The van der Waals surface area contributed by atoms with Crippen molar-refractivity contribution in [3.63, 3.8) is 0 Å². The van der Waals surface area contributed by atoms with Gasteiger partial charge < -0.3 is 9.88 Å². The van der Waals surface area contributed by atoms with Crippen molar-refractivity contribution in [2.45, 2.75) is 36.1 Å². The fourth-order valence-electron chi connectivity index (χ4n) is 2.64. The fourth-order valence-corrected chi connectivity index (χ4v) is 4.30. The molecular formula is C19H19F3N6OS2. The van der Waals surface area contributed by atoms with Crippen molar-refractivity contribution < 1.29 is 18.0 Å². The van der Waals surface area contributed by atoms with E-state index in [-0.39, 0.29) is 11.4 Å². The molecule has 12 heteroatoms. The van der Waals surface area contributed by atoms with Gasteiger partial charge in [-0.1, -0.05) is 35.7 Å². The van der Waals surface area contributed by atoms with E-state index in [4.69, 9.17) is 0 Å². The molecule has 0 aliphatic carbocycles. The molecule has 0 aliphatic heterocycles. The number of rotatable bonds is 7. The Labute approximate surface area is 185 Å². The molecule has 31 heavy (non-hydrogen) atoms. The van der Waals surface area contributed by atoms with Crippen LogP contribution in [0.2, 0.25) is 0 Å². The van der Waals surface area contributed by atoms with Gasteiger partial charge in [0.25, 0.3) is 0 Å². The summed E-state index contributed by atoms with van der Waals surface area (Å²) in [5.74, 6) is 0.478. The number of halogens is 3. The number of thioether (sulfide) groups is 2. The summed E-state index contributed by atoms with van der Waals surface area (Å²) in [5, 5.41) is 11.6. The highest BCUT2D eigenvalue weighted by Crippen LogP contribution is 2.34. The van der Waals surface area contributed by atoms with Crippen molar-refractivity contribution in [2.75, 3.05) is 11.1 Å². The number of para-hydroxylation sites is 1. The minimum atomic E-state index is -4.55. The first-order valence-electron chi connectivity index (χ1n) is 9.05. The topological polar surface area (TPSA) is 85.6 Å². The normalized spacial score (nSPS) is 11.5. The van der Waals surface area contributed by atoms with E-state index < -0.39 is 17.6 Å². The smallest absolute Gasteiger partial charge is 0.325 e. The van der Waals surface area contributed by atoms with E-state index in [0.29, 0.717) is 21.9 Å². The van der Waals surface area contributed by atoms with Gasteiger partial charge in [0.05, 0.1) is 22.8 Å². The van der Waals surface area contributed by atoms with Crippen molar-refractivity contribution in [1.82, 2.24) is 24.7 Å². The van der Waals surface area contributed by atoms with Gasteiger partial charge in [0.15, 0.2) is 10.3 Å². The summed E-state index contributed by atoms with van der Waals surface area (Å²) in [5.41, 5.74) is 0.591. The Morgan fingerprint density at radius 3 is 2.45 bits per heavy atom. The zero-order chi connectivity index (χ0) is 22.6. The van der Waals surface area contributed by atoms with Crippen LogP contribution in [0.4, 0.5) is 18.9 Å². The maximum atomic E-state index is 13.1. The molecule has 0 saturated carbocycles. The Kier molecular flexibility index (Phi) is 7.21. The molecule has 3 aromatic rings. The second-order valence-corrected chi connectivity index (χ2v) is 8.44. The molecule has 0 unspecified atom stereocenters. The summed E-state index contributed by atoms with van der Waals surface area (Å²) in [4.78, 5) is 20.9. The summed E-state index contributed by atoms with van der Waals surface area (Å²) in [6, 6.07) is 6.74.